The van der Waals surface area contributed by atoms with Gasteiger partial charge in [-0.2, -0.15) is 11.8 Å². The highest BCUT2D eigenvalue weighted by molar-refractivity contribution is 7.99. The SMILES string of the molecule is CN(C)C(=O)CN=C(NC1CCCC1)NC1CCCSC1. The summed E-state index contributed by atoms with van der Waals surface area (Å²) in [7, 11) is 3.54. The zero-order valence-electron chi connectivity index (χ0n) is 13.2. The molecule has 5 nitrogen and oxygen atoms in total. The number of guanidine groups is 1. The van der Waals surface area contributed by atoms with E-state index < -0.39 is 0 Å². The smallest absolute Gasteiger partial charge is 0.243 e. The Morgan fingerprint density at radius 1 is 1.14 bits per heavy atom. The van der Waals surface area contributed by atoms with Crippen LogP contribution in [0.5, 0.6) is 0 Å². The number of rotatable bonds is 4. The van der Waals surface area contributed by atoms with E-state index in [2.05, 4.69) is 15.6 Å². The molecular formula is C15H28N4OS. The summed E-state index contributed by atoms with van der Waals surface area (Å²) in [6, 6.07) is 0.993. The van der Waals surface area contributed by atoms with E-state index in [1.54, 1.807) is 19.0 Å². The fraction of sp³-hybridized carbons (Fsp3) is 0.867. The summed E-state index contributed by atoms with van der Waals surface area (Å²) in [5.74, 6) is 3.26. The minimum atomic E-state index is 0.0422. The van der Waals surface area contributed by atoms with Gasteiger partial charge >= 0.3 is 0 Å². The van der Waals surface area contributed by atoms with E-state index in [1.807, 2.05) is 11.8 Å². The summed E-state index contributed by atoms with van der Waals surface area (Å²) < 4.78 is 0. The molecule has 1 amide bonds. The average molecular weight is 312 g/mol. The standard InChI is InChI=1S/C15H28N4OS/c1-19(2)14(20)10-16-15(17-12-6-3-4-7-12)18-13-8-5-9-21-11-13/h12-13H,3-11H2,1-2H3,(H2,16,17,18). The van der Waals surface area contributed by atoms with Crippen molar-refractivity contribution in [1.29, 1.82) is 0 Å². The lowest BCUT2D eigenvalue weighted by atomic mass is 10.2. The van der Waals surface area contributed by atoms with Crippen molar-refractivity contribution < 1.29 is 4.79 Å². The third-order valence-corrected chi connectivity index (χ3v) is 5.28. The van der Waals surface area contributed by atoms with Gasteiger partial charge in [0.2, 0.25) is 5.91 Å². The number of hydrogen-bond donors (Lipinski definition) is 2. The quantitative estimate of drug-likeness (QED) is 0.609. The number of amides is 1. The van der Waals surface area contributed by atoms with Gasteiger partial charge in [-0.25, -0.2) is 4.99 Å². The van der Waals surface area contributed by atoms with Gasteiger partial charge < -0.3 is 15.5 Å². The fourth-order valence-electron chi connectivity index (χ4n) is 2.73. The van der Waals surface area contributed by atoms with E-state index in [0.29, 0.717) is 12.1 Å². The number of carbonyl (C=O) groups excluding carboxylic acids is 1. The van der Waals surface area contributed by atoms with Crippen LogP contribution in [-0.4, -0.2) is 61.0 Å². The Kier molecular flexibility index (Phi) is 6.67. The first-order valence-electron chi connectivity index (χ1n) is 8.00. The van der Waals surface area contributed by atoms with E-state index in [0.717, 1.165) is 11.7 Å². The van der Waals surface area contributed by atoms with Crippen LogP contribution in [-0.2, 0) is 4.79 Å². The van der Waals surface area contributed by atoms with E-state index in [-0.39, 0.29) is 12.5 Å². The molecule has 2 fully saturated rings. The van der Waals surface area contributed by atoms with Crippen molar-refractivity contribution in [2.45, 2.75) is 50.6 Å². The summed E-state index contributed by atoms with van der Waals surface area (Å²) in [6.45, 7) is 0.217. The Labute approximate surface area is 132 Å². The van der Waals surface area contributed by atoms with E-state index in [1.165, 1.54) is 44.3 Å². The Morgan fingerprint density at radius 2 is 1.81 bits per heavy atom. The Bertz CT molecular complexity index is 361. The number of nitrogens with zero attached hydrogens (tertiary/aromatic N) is 2. The van der Waals surface area contributed by atoms with Crippen LogP contribution in [0.2, 0.25) is 0 Å². The molecule has 0 spiro atoms. The van der Waals surface area contributed by atoms with Crippen LogP contribution in [0.25, 0.3) is 0 Å². The Balaban J connectivity index is 1.91. The molecule has 1 unspecified atom stereocenters. The maximum Gasteiger partial charge on any atom is 0.243 e. The molecule has 0 aromatic carbocycles. The van der Waals surface area contributed by atoms with Gasteiger partial charge in [0.05, 0.1) is 0 Å². The number of carbonyl (C=O) groups is 1. The molecule has 0 radical (unpaired) electrons. The van der Waals surface area contributed by atoms with E-state index >= 15 is 0 Å². The second-order valence-electron chi connectivity index (χ2n) is 6.14. The van der Waals surface area contributed by atoms with E-state index in [4.69, 9.17) is 0 Å². The summed E-state index contributed by atoms with van der Waals surface area (Å²) in [5, 5.41) is 7.04. The third-order valence-electron chi connectivity index (χ3n) is 4.07. The predicted molar refractivity (Wildman–Crippen MR) is 89.9 cm³/mol. The molecule has 6 heteroatoms. The van der Waals surface area contributed by atoms with Crippen molar-refractivity contribution in [3.8, 4) is 0 Å². The molecule has 2 aliphatic rings. The number of nitrogens with one attached hydrogen (secondary N) is 2. The van der Waals surface area contributed by atoms with Crippen molar-refractivity contribution in [3.05, 3.63) is 0 Å². The zero-order chi connectivity index (χ0) is 15.1. The monoisotopic (exact) mass is 312 g/mol. The molecular weight excluding hydrogens is 284 g/mol. The maximum absolute atomic E-state index is 11.7. The van der Waals surface area contributed by atoms with E-state index in [9.17, 15) is 4.79 Å². The van der Waals surface area contributed by atoms with Gasteiger partial charge in [-0.15, -0.1) is 0 Å². The first kappa shape index (κ1) is 16.5. The molecule has 0 aromatic heterocycles. The van der Waals surface area contributed by atoms with Gasteiger partial charge in [0.1, 0.15) is 6.54 Å². The normalized spacial score (nSPS) is 23.9. The van der Waals surface area contributed by atoms with Crippen LogP contribution in [0.1, 0.15) is 38.5 Å². The first-order valence-corrected chi connectivity index (χ1v) is 9.16. The average Bonchev–Trinajstić information content (AvgIpc) is 2.98. The van der Waals surface area contributed by atoms with Crippen molar-refractivity contribution in [1.82, 2.24) is 15.5 Å². The molecule has 1 heterocycles. The number of aliphatic imine (C=N–C) groups is 1. The summed E-state index contributed by atoms with van der Waals surface area (Å²) in [4.78, 5) is 17.8. The maximum atomic E-state index is 11.7. The Hall–Kier alpha value is -0.910. The molecule has 2 rings (SSSR count). The largest absolute Gasteiger partial charge is 0.354 e. The van der Waals surface area contributed by atoms with Crippen LogP contribution in [0, 0.1) is 0 Å². The first-order chi connectivity index (χ1) is 10.1. The summed E-state index contributed by atoms with van der Waals surface area (Å²) in [5.41, 5.74) is 0. The van der Waals surface area contributed by atoms with Gasteiger partial charge in [0, 0.05) is 31.9 Å². The van der Waals surface area contributed by atoms with Gasteiger partial charge in [-0.1, -0.05) is 12.8 Å². The highest BCUT2D eigenvalue weighted by Crippen LogP contribution is 2.19. The molecule has 1 saturated carbocycles. The molecule has 1 saturated heterocycles. The van der Waals surface area contributed by atoms with Gasteiger partial charge in [-0.05, 0) is 31.4 Å². The van der Waals surface area contributed by atoms with Crippen molar-refractivity contribution in [2.75, 3.05) is 32.1 Å². The topological polar surface area (TPSA) is 56.7 Å². The lowest BCUT2D eigenvalue weighted by Gasteiger charge is -2.26. The minimum Gasteiger partial charge on any atom is -0.354 e. The van der Waals surface area contributed by atoms with Gasteiger partial charge in [-0.3, -0.25) is 4.79 Å². The van der Waals surface area contributed by atoms with Gasteiger partial charge in [0.15, 0.2) is 5.96 Å². The van der Waals surface area contributed by atoms with Crippen molar-refractivity contribution in [3.63, 3.8) is 0 Å². The highest BCUT2D eigenvalue weighted by atomic mass is 32.2. The third kappa shape index (κ3) is 5.77. The van der Waals surface area contributed by atoms with Crippen molar-refractivity contribution in [2.24, 2.45) is 4.99 Å². The molecule has 1 aliphatic carbocycles. The molecule has 1 atom stereocenters. The van der Waals surface area contributed by atoms with Crippen LogP contribution < -0.4 is 10.6 Å². The lowest BCUT2D eigenvalue weighted by Crippen LogP contribution is -2.48. The molecule has 0 bridgehead atoms. The molecule has 1 aliphatic heterocycles. The van der Waals surface area contributed by atoms with Crippen LogP contribution >= 0.6 is 11.8 Å². The van der Waals surface area contributed by atoms with Crippen LogP contribution in [0.4, 0.5) is 0 Å². The number of likely N-dealkylation sites (N-methyl/N-ethyl adjacent to an activating group) is 1. The lowest BCUT2D eigenvalue weighted by molar-refractivity contribution is -0.127. The van der Waals surface area contributed by atoms with Crippen LogP contribution in [0.3, 0.4) is 0 Å². The fourth-order valence-corrected chi connectivity index (χ4v) is 3.80. The highest BCUT2D eigenvalue weighted by Gasteiger charge is 2.19. The minimum absolute atomic E-state index is 0.0422. The van der Waals surface area contributed by atoms with Crippen molar-refractivity contribution >= 4 is 23.6 Å². The predicted octanol–water partition coefficient (Wildman–Crippen LogP) is 1.45. The molecule has 120 valence electrons. The van der Waals surface area contributed by atoms with Gasteiger partial charge in [0.25, 0.3) is 0 Å². The second kappa shape index (κ2) is 8.51. The second-order valence-corrected chi connectivity index (χ2v) is 7.29. The van der Waals surface area contributed by atoms with Crippen LogP contribution in [0.15, 0.2) is 4.99 Å². The number of thioether (sulfide) groups is 1. The molecule has 0 aromatic rings. The Morgan fingerprint density at radius 3 is 2.43 bits per heavy atom. The molecule has 21 heavy (non-hydrogen) atoms. The zero-order valence-corrected chi connectivity index (χ0v) is 14.0. The summed E-state index contributed by atoms with van der Waals surface area (Å²) in [6.07, 6.45) is 7.46. The number of hydrogen-bond acceptors (Lipinski definition) is 3. The molecule has 2 N–H and O–H groups in total. The summed E-state index contributed by atoms with van der Waals surface area (Å²) >= 11 is 2.00.